The Morgan fingerprint density at radius 1 is 0.846 bits per heavy atom. The largest absolute Gasteiger partial charge is 0.423 e. The maximum Gasteiger partial charge on any atom is 0.343 e. The van der Waals surface area contributed by atoms with Gasteiger partial charge < -0.3 is 4.74 Å². The minimum Gasteiger partial charge on any atom is -0.423 e. The number of rotatable bonds is 5. The topological polar surface area (TPSA) is 26.3 Å². The Hall–Kier alpha value is -2.87. The molecule has 2 heteroatoms. The molecule has 132 valence electrons. The summed E-state index contributed by atoms with van der Waals surface area (Å²) < 4.78 is 5.42. The summed E-state index contributed by atoms with van der Waals surface area (Å²) in [4.78, 5) is 12.3. The first-order chi connectivity index (χ1) is 12.6. The van der Waals surface area contributed by atoms with Crippen molar-refractivity contribution in [3.63, 3.8) is 0 Å². The molecule has 0 spiro atoms. The molecular weight excluding hydrogens is 320 g/mol. The molecule has 1 atom stereocenters. The van der Waals surface area contributed by atoms with Gasteiger partial charge in [-0.25, -0.2) is 4.79 Å². The second-order valence-electron chi connectivity index (χ2n) is 6.71. The van der Waals surface area contributed by atoms with Crippen molar-refractivity contribution in [3.05, 3.63) is 89.5 Å². The van der Waals surface area contributed by atoms with Crippen molar-refractivity contribution in [1.29, 1.82) is 0 Å². The molecule has 1 unspecified atom stereocenters. The van der Waals surface area contributed by atoms with Gasteiger partial charge in [-0.2, -0.15) is 0 Å². The quantitative estimate of drug-likeness (QED) is 0.396. The lowest BCUT2D eigenvalue weighted by atomic mass is 9.95. The van der Waals surface area contributed by atoms with Gasteiger partial charge in [0, 0.05) is 0 Å². The third-order valence-electron chi connectivity index (χ3n) is 4.78. The molecule has 0 aliphatic heterocycles. The van der Waals surface area contributed by atoms with Crippen molar-refractivity contribution in [2.24, 2.45) is 0 Å². The molecule has 0 fully saturated rings. The molecule has 26 heavy (non-hydrogen) atoms. The van der Waals surface area contributed by atoms with Gasteiger partial charge in [0.2, 0.25) is 0 Å². The maximum atomic E-state index is 12.3. The van der Waals surface area contributed by atoms with Crippen LogP contribution in [0.15, 0.2) is 72.8 Å². The predicted octanol–water partition coefficient (Wildman–Crippen LogP) is 6.39. The fourth-order valence-electron chi connectivity index (χ4n) is 2.81. The minimum absolute atomic E-state index is 0.340. The Bertz CT molecular complexity index is 860. The molecule has 0 N–H and O–H groups in total. The van der Waals surface area contributed by atoms with E-state index in [1.54, 1.807) is 12.1 Å². The highest BCUT2D eigenvalue weighted by Gasteiger charge is 2.09. The van der Waals surface area contributed by atoms with E-state index in [0.29, 0.717) is 17.2 Å². The second-order valence-corrected chi connectivity index (χ2v) is 6.71. The molecule has 0 amide bonds. The molecule has 2 nitrogen and oxygen atoms in total. The van der Waals surface area contributed by atoms with Crippen LogP contribution < -0.4 is 4.74 Å². The Morgan fingerprint density at radius 3 is 1.92 bits per heavy atom. The number of benzene rings is 3. The molecule has 0 aliphatic rings. The SMILES string of the molecule is CCC(C)c1ccc(-c2ccc(C(=O)Oc3ccc(C)cc3)cc2)cc1. The predicted molar refractivity (Wildman–Crippen MR) is 107 cm³/mol. The van der Waals surface area contributed by atoms with Crippen LogP contribution in [0.3, 0.4) is 0 Å². The summed E-state index contributed by atoms with van der Waals surface area (Å²) in [6, 6.07) is 23.7. The van der Waals surface area contributed by atoms with Crippen molar-refractivity contribution in [1.82, 2.24) is 0 Å². The molecule has 3 aromatic carbocycles. The zero-order valence-corrected chi connectivity index (χ0v) is 15.5. The van der Waals surface area contributed by atoms with Crippen LogP contribution in [0, 0.1) is 6.92 Å². The van der Waals surface area contributed by atoms with E-state index in [-0.39, 0.29) is 5.97 Å². The van der Waals surface area contributed by atoms with Crippen molar-refractivity contribution in [2.45, 2.75) is 33.1 Å². The smallest absolute Gasteiger partial charge is 0.343 e. The zero-order valence-electron chi connectivity index (χ0n) is 15.5. The molecule has 0 aliphatic carbocycles. The normalized spacial score (nSPS) is 11.8. The van der Waals surface area contributed by atoms with Crippen molar-refractivity contribution < 1.29 is 9.53 Å². The fourth-order valence-corrected chi connectivity index (χ4v) is 2.81. The van der Waals surface area contributed by atoms with Gasteiger partial charge in [0.15, 0.2) is 0 Å². The number of hydrogen-bond donors (Lipinski definition) is 0. The zero-order chi connectivity index (χ0) is 18.5. The highest BCUT2D eigenvalue weighted by molar-refractivity contribution is 5.91. The van der Waals surface area contributed by atoms with E-state index in [2.05, 4.69) is 38.1 Å². The van der Waals surface area contributed by atoms with E-state index in [9.17, 15) is 4.79 Å². The van der Waals surface area contributed by atoms with Crippen LogP contribution in [0.25, 0.3) is 11.1 Å². The monoisotopic (exact) mass is 344 g/mol. The first-order valence-electron chi connectivity index (χ1n) is 9.06. The Labute approximate surface area is 155 Å². The van der Waals surface area contributed by atoms with Crippen LogP contribution in [0.4, 0.5) is 0 Å². The van der Waals surface area contributed by atoms with E-state index in [0.717, 1.165) is 23.1 Å². The lowest BCUT2D eigenvalue weighted by Crippen LogP contribution is -2.08. The Morgan fingerprint density at radius 2 is 1.38 bits per heavy atom. The van der Waals surface area contributed by atoms with E-state index in [1.165, 1.54) is 5.56 Å². The van der Waals surface area contributed by atoms with Crippen LogP contribution in [-0.2, 0) is 0 Å². The fraction of sp³-hybridized carbons (Fsp3) is 0.208. The Balaban J connectivity index is 1.71. The van der Waals surface area contributed by atoms with Gasteiger partial charge in [0.05, 0.1) is 5.56 Å². The summed E-state index contributed by atoms with van der Waals surface area (Å²) in [7, 11) is 0. The van der Waals surface area contributed by atoms with E-state index < -0.39 is 0 Å². The van der Waals surface area contributed by atoms with Crippen LogP contribution >= 0.6 is 0 Å². The molecule has 0 heterocycles. The number of aryl methyl sites for hydroxylation is 1. The molecule has 3 rings (SSSR count). The summed E-state index contributed by atoms with van der Waals surface area (Å²) in [5.74, 6) is 0.792. The Kier molecular flexibility index (Phi) is 5.52. The lowest BCUT2D eigenvalue weighted by Gasteiger charge is -2.10. The van der Waals surface area contributed by atoms with Gasteiger partial charge in [-0.05, 0) is 60.2 Å². The van der Waals surface area contributed by atoms with Gasteiger partial charge >= 0.3 is 5.97 Å². The average molecular weight is 344 g/mol. The number of hydrogen-bond acceptors (Lipinski definition) is 2. The van der Waals surface area contributed by atoms with Crippen molar-refractivity contribution >= 4 is 5.97 Å². The third-order valence-corrected chi connectivity index (χ3v) is 4.78. The molecule has 0 saturated heterocycles. The first kappa shape index (κ1) is 17.9. The molecule has 0 bridgehead atoms. The second kappa shape index (κ2) is 8.01. The van der Waals surface area contributed by atoms with E-state index in [4.69, 9.17) is 4.74 Å². The summed E-state index contributed by atoms with van der Waals surface area (Å²) in [6.07, 6.45) is 1.14. The van der Waals surface area contributed by atoms with Gasteiger partial charge in [-0.15, -0.1) is 0 Å². The van der Waals surface area contributed by atoms with Crippen molar-refractivity contribution in [3.8, 4) is 16.9 Å². The highest BCUT2D eigenvalue weighted by Crippen LogP contribution is 2.25. The number of ether oxygens (including phenoxy) is 1. The van der Waals surface area contributed by atoms with Gasteiger partial charge in [-0.1, -0.05) is 67.9 Å². The molecule has 0 aromatic heterocycles. The number of carbonyl (C=O) groups excluding carboxylic acids is 1. The standard InChI is InChI=1S/C24H24O2/c1-4-18(3)19-7-9-20(10-8-19)21-11-13-22(14-12-21)24(25)26-23-15-5-17(2)6-16-23/h5-16,18H,4H2,1-3H3. The molecule has 3 aromatic rings. The molecule has 0 saturated carbocycles. The number of carbonyl (C=O) groups is 1. The highest BCUT2D eigenvalue weighted by atomic mass is 16.5. The molecular formula is C24H24O2. The van der Waals surface area contributed by atoms with Crippen LogP contribution in [0.1, 0.15) is 47.7 Å². The van der Waals surface area contributed by atoms with Crippen LogP contribution in [0.2, 0.25) is 0 Å². The van der Waals surface area contributed by atoms with E-state index in [1.807, 2.05) is 43.3 Å². The van der Waals surface area contributed by atoms with Crippen LogP contribution in [-0.4, -0.2) is 5.97 Å². The average Bonchev–Trinajstić information content (AvgIpc) is 2.69. The summed E-state index contributed by atoms with van der Waals surface area (Å²) in [5.41, 5.74) is 5.27. The van der Waals surface area contributed by atoms with E-state index >= 15 is 0 Å². The van der Waals surface area contributed by atoms with Crippen LogP contribution in [0.5, 0.6) is 5.75 Å². The summed E-state index contributed by atoms with van der Waals surface area (Å²) >= 11 is 0. The summed E-state index contributed by atoms with van der Waals surface area (Å²) in [6.45, 7) is 6.44. The van der Waals surface area contributed by atoms with Gasteiger partial charge in [0.1, 0.15) is 5.75 Å². The minimum atomic E-state index is -0.340. The lowest BCUT2D eigenvalue weighted by molar-refractivity contribution is 0.0735. The third kappa shape index (κ3) is 4.20. The number of esters is 1. The molecule has 0 radical (unpaired) electrons. The van der Waals surface area contributed by atoms with Gasteiger partial charge in [0.25, 0.3) is 0 Å². The van der Waals surface area contributed by atoms with Crippen molar-refractivity contribution in [2.75, 3.05) is 0 Å². The maximum absolute atomic E-state index is 12.3. The van der Waals surface area contributed by atoms with Gasteiger partial charge in [-0.3, -0.25) is 0 Å². The first-order valence-corrected chi connectivity index (χ1v) is 9.06. The summed E-state index contributed by atoms with van der Waals surface area (Å²) in [5, 5.41) is 0.